The van der Waals surface area contributed by atoms with Crippen molar-refractivity contribution in [2.45, 2.75) is 18.0 Å². The quantitative estimate of drug-likeness (QED) is 0.329. The minimum Gasteiger partial charge on any atom is -0.393 e. The van der Waals surface area contributed by atoms with Gasteiger partial charge in [0.1, 0.15) is 11.7 Å². The number of hydrogen-bond donors (Lipinski definition) is 4. The van der Waals surface area contributed by atoms with E-state index in [1.807, 2.05) is 0 Å². The lowest BCUT2D eigenvalue weighted by Gasteiger charge is -2.21. The lowest BCUT2D eigenvalue weighted by Crippen LogP contribution is -2.46. The number of aliphatic hydroxyl groups excluding tert-OH is 3. The van der Waals surface area contributed by atoms with Gasteiger partial charge in [-0.2, -0.15) is 0 Å². The van der Waals surface area contributed by atoms with Crippen LogP contribution in [0.15, 0.2) is 0 Å². The fraction of sp³-hybridized carbons (Fsp3) is 1.00. The van der Waals surface area contributed by atoms with Gasteiger partial charge in [-0.3, -0.25) is 0 Å². The van der Waals surface area contributed by atoms with Crippen molar-refractivity contribution in [3.05, 3.63) is 0 Å². The van der Waals surface area contributed by atoms with Gasteiger partial charge in [-0.05, 0) is 0 Å². The van der Waals surface area contributed by atoms with E-state index in [2.05, 4.69) is 4.74 Å². The molecule has 0 bridgehead atoms. The molecule has 1 fully saturated rings. The predicted octanol–water partition coefficient (Wildman–Crippen LogP) is -2.58. The van der Waals surface area contributed by atoms with Crippen LogP contribution in [0.4, 0.5) is 0 Å². The maximum absolute atomic E-state index is 9.15. The van der Waals surface area contributed by atoms with E-state index in [-0.39, 0.29) is 6.61 Å². The third-order valence-electron chi connectivity index (χ3n) is 1.60. The summed E-state index contributed by atoms with van der Waals surface area (Å²) in [6, 6.07) is 0. The first-order valence-electron chi connectivity index (χ1n) is 2.91. The summed E-state index contributed by atoms with van der Waals surface area (Å²) in [5.74, 6) is 0. The van der Waals surface area contributed by atoms with Crippen molar-refractivity contribution < 1.29 is 25.2 Å². The molecule has 3 atom stereocenters. The van der Waals surface area contributed by atoms with Crippen molar-refractivity contribution in [1.29, 1.82) is 0 Å². The van der Waals surface area contributed by atoms with Crippen LogP contribution in [0.1, 0.15) is 0 Å². The van der Waals surface area contributed by atoms with Crippen molar-refractivity contribution in [3.8, 4) is 0 Å². The van der Waals surface area contributed by atoms with Gasteiger partial charge in [0, 0.05) is 0 Å². The molecule has 1 rings (SSSR count). The van der Waals surface area contributed by atoms with E-state index >= 15 is 0 Å². The van der Waals surface area contributed by atoms with E-state index in [1.54, 1.807) is 0 Å². The van der Waals surface area contributed by atoms with Crippen molar-refractivity contribution in [3.63, 3.8) is 0 Å². The highest BCUT2D eigenvalue weighted by molar-refractivity contribution is 4.92. The van der Waals surface area contributed by atoms with Crippen LogP contribution in [0.3, 0.4) is 0 Å². The summed E-state index contributed by atoms with van der Waals surface area (Å²) in [6.45, 7) is -0.864. The van der Waals surface area contributed by atoms with Crippen LogP contribution < -0.4 is 0 Å². The first kappa shape index (κ1) is 7.90. The second-order valence-corrected chi connectivity index (χ2v) is 2.41. The number of hydrogen-bond acceptors (Lipinski definition) is 5. The molecule has 1 aliphatic heterocycles. The maximum Gasteiger partial charge on any atom is 0.184 e. The summed E-state index contributed by atoms with van der Waals surface area (Å²) in [5, 5.41) is 35.3. The first-order chi connectivity index (χ1) is 4.60. The van der Waals surface area contributed by atoms with Gasteiger partial charge in [-0.1, -0.05) is 0 Å². The normalized spacial score (nSPS) is 48.0. The monoisotopic (exact) mass is 150 g/mol. The minimum absolute atomic E-state index is 0.244. The molecule has 1 heterocycles. The van der Waals surface area contributed by atoms with E-state index in [9.17, 15) is 0 Å². The zero-order valence-electron chi connectivity index (χ0n) is 5.27. The molecule has 10 heavy (non-hydrogen) atoms. The Morgan fingerprint density at radius 3 is 2.30 bits per heavy atom. The van der Waals surface area contributed by atoms with Crippen LogP contribution in [-0.2, 0) is 4.74 Å². The van der Waals surface area contributed by atoms with Gasteiger partial charge in [-0.25, -0.2) is 0 Å². The molecule has 1 aliphatic rings. The summed E-state index contributed by atoms with van der Waals surface area (Å²) >= 11 is 0. The topological polar surface area (TPSA) is 90.2 Å². The Morgan fingerprint density at radius 1 is 1.50 bits per heavy atom. The Labute approximate surface area is 57.5 Å². The van der Waals surface area contributed by atoms with Gasteiger partial charge in [0.15, 0.2) is 6.29 Å². The van der Waals surface area contributed by atoms with Crippen LogP contribution in [0, 0.1) is 0 Å². The molecule has 0 radical (unpaired) electrons. The van der Waals surface area contributed by atoms with E-state index in [0.717, 1.165) is 0 Å². The Morgan fingerprint density at radius 2 is 2.10 bits per heavy atom. The van der Waals surface area contributed by atoms with Gasteiger partial charge in [0.05, 0.1) is 13.2 Å². The molecule has 1 saturated heterocycles. The first-order valence-corrected chi connectivity index (χ1v) is 2.91. The lowest BCUT2D eigenvalue weighted by atomic mass is 10.0. The molecule has 0 aliphatic carbocycles. The van der Waals surface area contributed by atoms with Gasteiger partial charge in [0.2, 0.25) is 0 Å². The molecule has 0 aromatic rings. The highest BCUT2D eigenvalue weighted by Crippen LogP contribution is 2.22. The van der Waals surface area contributed by atoms with E-state index in [1.165, 1.54) is 0 Å². The molecule has 5 heteroatoms. The van der Waals surface area contributed by atoms with Gasteiger partial charge in [-0.15, -0.1) is 0 Å². The molecule has 5 nitrogen and oxygen atoms in total. The second-order valence-electron chi connectivity index (χ2n) is 2.41. The Bertz CT molecular complexity index is 127. The predicted molar refractivity (Wildman–Crippen MR) is 30.0 cm³/mol. The average molecular weight is 150 g/mol. The van der Waals surface area contributed by atoms with E-state index < -0.39 is 24.6 Å². The lowest BCUT2D eigenvalue weighted by molar-refractivity contribution is -0.128. The summed E-state index contributed by atoms with van der Waals surface area (Å²) in [5.41, 5.74) is -1.70. The van der Waals surface area contributed by atoms with E-state index in [0.29, 0.717) is 0 Å². The molecule has 60 valence electrons. The molecule has 0 amide bonds. The summed E-state index contributed by atoms with van der Waals surface area (Å²) in [4.78, 5) is 0. The summed E-state index contributed by atoms with van der Waals surface area (Å²) in [7, 11) is 0. The molecular weight excluding hydrogens is 140 g/mol. The molecule has 0 saturated carbocycles. The Hall–Kier alpha value is -0.200. The zero-order chi connectivity index (χ0) is 7.78. The van der Waals surface area contributed by atoms with Gasteiger partial charge < -0.3 is 25.2 Å². The Balaban J connectivity index is 2.64. The highest BCUT2D eigenvalue weighted by atomic mass is 16.6. The van der Waals surface area contributed by atoms with Crippen LogP contribution in [0.5, 0.6) is 0 Å². The highest BCUT2D eigenvalue weighted by Gasteiger charge is 2.46. The van der Waals surface area contributed by atoms with Crippen molar-refractivity contribution in [1.82, 2.24) is 0 Å². The number of rotatable bonds is 1. The maximum atomic E-state index is 9.15. The third kappa shape index (κ3) is 1.02. The molecule has 4 N–H and O–H groups in total. The van der Waals surface area contributed by atoms with Crippen LogP contribution >= 0.6 is 0 Å². The average Bonchev–Trinajstić information content (AvgIpc) is 2.19. The smallest absolute Gasteiger partial charge is 0.184 e. The van der Waals surface area contributed by atoms with Crippen LogP contribution in [0.2, 0.25) is 0 Å². The fourth-order valence-corrected chi connectivity index (χ4v) is 0.811. The number of ether oxygens (including phenoxy) is 1. The summed E-state index contributed by atoms with van der Waals surface area (Å²) in [6.07, 6.45) is -2.81. The SMILES string of the molecule is OC[C@@]1(O)CO[C@@H](O)[C@H]1O. The van der Waals surface area contributed by atoms with Crippen molar-refractivity contribution in [2.75, 3.05) is 13.2 Å². The van der Waals surface area contributed by atoms with Gasteiger partial charge in [0.25, 0.3) is 0 Å². The third-order valence-corrected chi connectivity index (χ3v) is 1.60. The fourth-order valence-electron chi connectivity index (χ4n) is 0.811. The van der Waals surface area contributed by atoms with Crippen molar-refractivity contribution in [2.24, 2.45) is 0 Å². The van der Waals surface area contributed by atoms with Crippen molar-refractivity contribution >= 4 is 0 Å². The molecule has 0 spiro atoms. The van der Waals surface area contributed by atoms with Gasteiger partial charge >= 0.3 is 0 Å². The number of aliphatic hydroxyl groups is 4. The second kappa shape index (κ2) is 2.44. The zero-order valence-corrected chi connectivity index (χ0v) is 5.27. The summed E-state index contributed by atoms with van der Waals surface area (Å²) < 4.78 is 4.47. The molecular formula is C5H10O5. The molecule has 0 aromatic carbocycles. The van der Waals surface area contributed by atoms with Crippen LogP contribution in [-0.4, -0.2) is 51.6 Å². The molecule has 0 unspecified atom stereocenters. The van der Waals surface area contributed by atoms with E-state index in [4.69, 9.17) is 20.4 Å². The standard InChI is InChI=1S/C5H10O5/c6-1-5(9)2-10-4(8)3(5)7/h3-4,6-9H,1-2H2/t3-,4-,5-/m1/s1. The largest absolute Gasteiger partial charge is 0.393 e. The minimum atomic E-state index is -1.70. The molecule has 0 aromatic heterocycles. The van der Waals surface area contributed by atoms with Crippen LogP contribution in [0.25, 0.3) is 0 Å². The Kier molecular flexibility index (Phi) is 1.93.